The van der Waals surface area contributed by atoms with E-state index in [-0.39, 0.29) is 17.4 Å². The van der Waals surface area contributed by atoms with Crippen molar-refractivity contribution in [3.8, 4) is 0 Å². The van der Waals surface area contributed by atoms with Crippen LogP contribution in [0.5, 0.6) is 0 Å². The fraction of sp³-hybridized carbons (Fsp3) is 0.720. The van der Waals surface area contributed by atoms with Crippen LogP contribution in [0.25, 0.3) is 11.0 Å². The molecule has 0 radical (unpaired) electrons. The quantitative estimate of drug-likeness (QED) is 0.732. The number of pyridine rings is 1. The predicted molar refractivity (Wildman–Crippen MR) is 129 cm³/mol. The highest BCUT2D eigenvalue weighted by Crippen LogP contribution is 2.30. The molecule has 1 unspecified atom stereocenters. The Morgan fingerprint density at radius 2 is 1.81 bits per heavy atom. The molecule has 1 atom stereocenters. The first-order valence-corrected chi connectivity index (χ1v) is 12.2. The molecule has 7 nitrogen and oxygen atoms in total. The summed E-state index contributed by atoms with van der Waals surface area (Å²) < 4.78 is 1.98. The lowest BCUT2D eigenvalue weighted by atomic mass is 10.0. The van der Waals surface area contributed by atoms with E-state index in [9.17, 15) is 4.79 Å². The molecule has 2 aromatic rings. The number of nitrogens with zero attached hydrogens (tertiary/aromatic N) is 6. The Hall–Kier alpha value is -1.99. The van der Waals surface area contributed by atoms with Crippen LogP contribution in [0.15, 0.2) is 6.07 Å². The number of aryl methyl sites for hydroxylation is 1. The standard InChI is InChI=1S/C25H40N6O/c1-17(2)21-15-20(22-18(3)27-31(23(22)26-21)25(4,5)6)24(32)30-13-11-29(12-14-30)19-9-8-10-28(7)16-19/h15,17,19H,8-14,16H2,1-7H3. The van der Waals surface area contributed by atoms with Gasteiger partial charge in [0.2, 0.25) is 0 Å². The molecule has 2 fully saturated rings. The molecule has 0 spiro atoms. The smallest absolute Gasteiger partial charge is 0.254 e. The van der Waals surface area contributed by atoms with Gasteiger partial charge in [0.25, 0.3) is 5.91 Å². The summed E-state index contributed by atoms with van der Waals surface area (Å²) in [4.78, 5) is 25.8. The minimum absolute atomic E-state index is 0.122. The van der Waals surface area contributed by atoms with Crippen molar-refractivity contribution in [2.75, 3.05) is 46.3 Å². The summed E-state index contributed by atoms with van der Waals surface area (Å²) in [5.74, 6) is 0.367. The van der Waals surface area contributed by atoms with Gasteiger partial charge in [-0.2, -0.15) is 5.10 Å². The number of amides is 1. The molecule has 1 amide bonds. The fourth-order valence-corrected chi connectivity index (χ4v) is 5.14. The van der Waals surface area contributed by atoms with E-state index in [1.807, 2.05) is 22.6 Å². The summed E-state index contributed by atoms with van der Waals surface area (Å²) in [5.41, 5.74) is 3.22. The van der Waals surface area contributed by atoms with Crippen molar-refractivity contribution in [3.63, 3.8) is 0 Å². The minimum atomic E-state index is -0.200. The molecular weight excluding hydrogens is 400 g/mol. The van der Waals surface area contributed by atoms with Gasteiger partial charge in [0.05, 0.1) is 22.2 Å². The highest BCUT2D eigenvalue weighted by Gasteiger charge is 2.31. The normalized spacial score (nSPS) is 21.6. The molecule has 0 aromatic carbocycles. The second-order valence-corrected chi connectivity index (χ2v) is 11.0. The Morgan fingerprint density at radius 3 is 2.41 bits per heavy atom. The van der Waals surface area contributed by atoms with Gasteiger partial charge in [-0.25, -0.2) is 9.67 Å². The van der Waals surface area contributed by atoms with Gasteiger partial charge in [0.15, 0.2) is 5.65 Å². The monoisotopic (exact) mass is 440 g/mol. The van der Waals surface area contributed by atoms with Crippen LogP contribution >= 0.6 is 0 Å². The number of likely N-dealkylation sites (tertiary alicyclic amines) is 1. The second kappa shape index (κ2) is 8.75. The van der Waals surface area contributed by atoms with Crippen LogP contribution in [0.1, 0.15) is 75.1 Å². The van der Waals surface area contributed by atoms with Gasteiger partial charge in [0, 0.05) is 44.5 Å². The van der Waals surface area contributed by atoms with Crippen LogP contribution in [-0.4, -0.2) is 87.7 Å². The molecule has 2 aliphatic heterocycles. The van der Waals surface area contributed by atoms with Crippen molar-refractivity contribution in [3.05, 3.63) is 23.0 Å². The first-order valence-electron chi connectivity index (χ1n) is 12.2. The molecule has 176 valence electrons. The average Bonchev–Trinajstić information content (AvgIpc) is 3.10. The number of rotatable bonds is 3. The molecule has 2 aliphatic rings. The highest BCUT2D eigenvalue weighted by atomic mass is 16.2. The van der Waals surface area contributed by atoms with Crippen LogP contribution in [0.4, 0.5) is 0 Å². The maximum absolute atomic E-state index is 13.8. The molecule has 2 saturated heterocycles. The van der Waals surface area contributed by atoms with Crippen molar-refractivity contribution in [1.29, 1.82) is 0 Å². The third kappa shape index (κ3) is 4.42. The number of carbonyl (C=O) groups excluding carboxylic acids is 1. The Kier molecular flexibility index (Phi) is 6.34. The average molecular weight is 441 g/mol. The van der Waals surface area contributed by atoms with Gasteiger partial charge in [0.1, 0.15) is 0 Å². The van der Waals surface area contributed by atoms with Gasteiger partial charge in [-0.3, -0.25) is 9.69 Å². The molecule has 32 heavy (non-hydrogen) atoms. The molecule has 0 aliphatic carbocycles. The minimum Gasteiger partial charge on any atom is -0.336 e. The third-order valence-electron chi connectivity index (χ3n) is 7.01. The van der Waals surface area contributed by atoms with Crippen LogP contribution in [0, 0.1) is 6.92 Å². The number of likely N-dealkylation sites (N-methyl/N-ethyl adjacent to an activating group) is 1. The molecule has 4 heterocycles. The first kappa shape index (κ1) is 23.2. The van der Waals surface area contributed by atoms with E-state index in [1.165, 1.54) is 19.4 Å². The summed E-state index contributed by atoms with van der Waals surface area (Å²) in [7, 11) is 2.22. The van der Waals surface area contributed by atoms with Crippen LogP contribution < -0.4 is 0 Å². The molecule has 2 aromatic heterocycles. The van der Waals surface area contributed by atoms with E-state index in [2.05, 4.69) is 51.5 Å². The zero-order chi connectivity index (χ0) is 23.2. The Labute approximate surface area is 192 Å². The maximum Gasteiger partial charge on any atom is 0.254 e. The van der Waals surface area contributed by atoms with E-state index in [0.717, 1.165) is 60.7 Å². The third-order valence-corrected chi connectivity index (χ3v) is 7.01. The molecule has 0 bridgehead atoms. The summed E-state index contributed by atoms with van der Waals surface area (Å²) >= 11 is 0. The van der Waals surface area contributed by atoms with Gasteiger partial charge in [-0.15, -0.1) is 0 Å². The predicted octanol–water partition coefficient (Wildman–Crippen LogP) is 3.47. The lowest BCUT2D eigenvalue weighted by molar-refractivity contribution is 0.0453. The van der Waals surface area contributed by atoms with Crippen LogP contribution in [0.3, 0.4) is 0 Å². The maximum atomic E-state index is 13.8. The number of fused-ring (bicyclic) bond motifs is 1. The van der Waals surface area contributed by atoms with Crippen LogP contribution in [0.2, 0.25) is 0 Å². The van der Waals surface area contributed by atoms with Crippen molar-refractivity contribution >= 4 is 16.9 Å². The van der Waals surface area contributed by atoms with Crippen molar-refractivity contribution in [1.82, 2.24) is 29.5 Å². The number of carbonyl (C=O) groups is 1. The number of hydrogen-bond acceptors (Lipinski definition) is 5. The van der Waals surface area contributed by atoms with Crippen molar-refractivity contribution in [2.45, 2.75) is 71.9 Å². The zero-order valence-corrected chi connectivity index (χ0v) is 21.0. The summed E-state index contributed by atoms with van der Waals surface area (Å²) in [5, 5.41) is 5.71. The van der Waals surface area contributed by atoms with E-state index in [0.29, 0.717) is 6.04 Å². The molecule has 0 saturated carbocycles. The fourth-order valence-electron chi connectivity index (χ4n) is 5.14. The van der Waals surface area contributed by atoms with Crippen LogP contribution in [-0.2, 0) is 5.54 Å². The SMILES string of the molecule is Cc1nn(C(C)(C)C)c2nc(C(C)C)cc(C(=O)N3CCN(C4CCCN(C)C4)CC3)c12. The number of piperidine rings is 1. The molecule has 0 N–H and O–H groups in total. The van der Waals surface area contributed by atoms with E-state index in [4.69, 9.17) is 10.1 Å². The van der Waals surface area contributed by atoms with E-state index < -0.39 is 0 Å². The highest BCUT2D eigenvalue weighted by molar-refractivity contribution is 6.06. The lowest BCUT2D eigenvalue weighted by Gasteiger charge is -2.42. The Balaban J connectivity index is 1.62. The van der Waals surface area contributed by atoms with Gasteiger partial charge in [-0.05, 0) is 66.1 Å². The summed E-state index contributed by atoms with van der Waals surface area (Å²) in [6.07, 6.45) is 2.54. The number of hydrogen-bond donors (Lipinski definition) is 0. The first-order chi connectivity index (χ1) is 15.1. The number of piperazine rings is 1. The van der Waals surface area contributed by atoms with Crippen molar-refractivity contribution < 1.29 is 4.79 Å². The van der Waals surface area contributed by atoms with E-state index >= 15 is 0 Å². The van der Waals surface area contributed by atoms with Gasteiger partial charge < -0.3 is 9.80 Å². The molecule has 7 heteroatoms. The lowest BCUT2D eigenvalue weighted by Crippen LogP contribution is -2.55. The van der Waals surface area contributed by atoms with E-state index in [1.54, 1.807) is 0 Å². The topological polar surface area (TPSA) is 57.5 Å². The second-order valence-electron chi connectivity index (χ2n) is 11.0. The number of aromatic nitrogens is 3. The van der Waals surface area contributed by atoms with Crippen molar-refractivity contribution in [2.24, 2.45) is 0 Å². The van der Waals surface area contributed by atoms with Gasteiger partial charge >= 0.3 is 0 Å². The van der Waals surface area contributed by atoms with Gasteiger partial charge in [-0.1, -0.05) is 13.8 Å². The zero-order valence-electron chi connectivity index (χ0n) is 21.0. The summed E-state index contributed by atoms with van der Waals surface area (Å²) in [6.45, 7) is 18.5. The largest absolute Gasteiger partial charge is 0.336 e. The summed E-state index contributed by atoms with van der Waals surface area (Å²) in [6, 6.07) is 2.64. The molecule has 4 rings (SSSR count). The molecular formula is C25H40N6O. The Morgan fingerprint density at radius 1 is 1.12 bits per heavy atom. The Bertz CT molecular complexity index is 980.